The highest BCUT2D eigenvalue weighted by Gasteiger charge is 2.23. The van der Waals surface area contributed by atoms with Crippen molar-refractivity contribution in [2.45, 2.75) is 25.7 Å². The molecular formula is C19H21N5O2. The Kier molecular flexibility index (Phi) is 5.05. The van der Waals surface area contributed by atoms with E-state index in [0.717, 1.165) is 31.5 Å². The van der Waals surface area contributed by atoms with E-state index < -0.39 is 0 Å². The third kappa shape index (κ3) is 3.46. The molecule has 1 saturated heterocycles. The number of piperidine rings is 1. The van der Waals surface area contributed by atoms with Crippen molar-refractivity contribution in [3.63, 3.8) is 0 Å². The highest BCUT2D eigenvalue weighted by Crippen LogP contribution is 2.38. The molecule has 0 aliphatic carbocycles. The fourth-order valence-corrected chi connectivity index (χ4v) is 3.38. The molecule has 1 atom stereocenters. The van der Waals surface area contributed by atoms with Crippen LogP contribution >= 0.6 is 0 Å². The van der Waals surface area contributed by atoms with Gasteiger partial charge in [-0.15, -0.1) is 0 Å². The first-order valence-corrected chi connectivity index (χ1v) is 8.52. The molecular weight excluding hydrogens is 330 g/mol. The van der Waals surface area contributed by atoms with Crippen LogP contribution in [0.15, 0.2) is 24.3 Å². The van der Waals surface area contributed by atoms with Gasteiger partial charge in [0, 0.05) is 13.5 Å². The van der Waals surface area contributed by atoms with E-state index in [1.807, 2.05) is 0 Å². The van der Waals surface area contributed by atoms with Crippen molar-refractivity contribution in [2.75, 3.05) is 24.1 Å². The number of nitrogens with two attached hydrogens (primary N) is 1. The lowest BCUT2D eigenvalue weighted by Crippen LogP contribution is -2.29. The van der Waals surface area contributed by atoms with Gasteiger partial charge in [0.15, 0.2) is 0 Å². The summed E-state index contributed by atoms with van der Waals surface area (Å²) < 4.78 is 0. The Morgan fingerprint density at radius 3 is 2.96 bits per heavy atom. The zero-order valence-electron chi connectivity index (χ0n) is 14.5. The molecule has 5 N–H and O–H groups in total. The highest BCUT2D eigenvalue weighted by atomic mass is 16.3. The fraction of sp³-hybridized carbons (Fsp3) is 0.316. The van der Waals surface area contributed by atoms with Crippen LogP contribution in [-0.2, 0) is 4.79 Å². The van der Waals surface area contributed by atoms with E-state index in [9.17, 15) is 15.2 Å². The number of carbonyl (C=O) groups excluding carboxylic acids is 1. The van der Waals surface area contributed by atoms with E-state index in [1.165, 1.54) is 13.0 Å². The zero-order valence-corrected chi connectivity index (χ0v) is 14.5. The average molecular weight is 351 g/mol. The summed E-state index contributed by atoms with van der Waals surface area (Å²) in [5, 5.41) is 25.9. The molecule has 7 heteroatoms. The number of hydrogen-bond acceptors (Lipinski definition) is 6. The lowest BCUT2D eigenvalue weighted by atomic mass is 9.88. The van der Waals surface area contributed by atoms with Crippen molar-refractivity contribution >= 4 is 17.4 Å². The molecule has 1 aromatic heterocycles. The van der Waals surface area contributed by atoms with Crippen molar-refractivity contribution in [3.8, 4) is 23.1 Å². The number of benzene rings is 1. The maximum atomic E-state index is 11.5. The largest absolute Gasteiger partial charge is 0.507 e. The van der Waals surface area contributed by atoms with Crippen molar-refractivity contribution in [3.05, 3.63) is 35.4 Å². The normalized spacial score (nSPS) is 16.7. The van der Waals surface area contributed by atoms with Crippen LogP contribution in [0, 0.1) is 11.3 Å². The molecule has 1 unspecified atom stereocenters. The van der Waals surface area contributed by atoms with Gasteiger partial charge >= 0.3 is 0 Å². The average Bonchev–Trinajstić information content (AvgIpc) is 2.61. The van der Waals surface area contributed by atoms with Crippen molar-refractivity contribution in [1.82, 2.24) is 10.3 Å². The monoisotopic (exact) mass is 351 g/mol. The molecule has 7 nitrogen and oxygen atoms in total. The standard InChI is InChI=1S/C19H21N5O2/c1-11(25)23-15-5-2-6-17(26)18(15)16-8-13(12-4-3-7-22-10-12)14(9-20)19(21)24-16/h2,5-6,8,12,22,26H,3-4,7,10H2,1H3,(H2,21,24)(H,23,25). The molecule has 0 spiro atoms. The number of carbonyl (C=O) groups is 1. The number of rotatable bonds is 3. The van der Waals surface area contributed by atoms with Gasteiger partial charge in [0.2, 0.25) is 5.91 Å². The van der Waals surface area contributed by atoms with E-state index in [2.05, 4.69) is 21.7 Å². The van der Waals surface area contributed by atoms with Gasteiger partial charge in [-0.2, -0.15) is 5.26 Å². The van der Waals surface area contributed by atoms with Crippen LogP contribution in [0.2, 0.25) is 0 Å². The maximum absolute atomic E-state index is 11.5. The molecule has 3 rings (SSSR count). The summed E-state index contributed by atoms with van der Waals surface area (Å²) in [4.78, 5) is 15.8. The van der Waals surface area contributed by atoms with Crippen LogP contribution in [-0.4, -0.2) is 29.1 Å². The third-order valence-corrected chi connectivity index (χ3v) is 4.54. The van der Waals surface area contributed by atoms with Crippen molar-refractivity contribution in [1.29, 1.82) is 5.26 Å². The number of nitrogen functional groups attached to an aromatic ring is 1. The molecule has 0 radical (unpaired) electrons. The first-order valence-electron chi connectivity index (χ1n) is 8.52. The predicted octanol–water partition coefficient (Wildman–Crippen LogP) is 2.33. The minimum atomic E-state index is -0.254. The highest BCUT2D eigenvalue weighted by molar-refractivity contribution is 5.95. The lowest BCUT2D eigenvalue weighted by molar-refractivity contribution is -0.114. The van der Waals surface area contributed by atoms with Gasteiger partial charge < -0.3 is 21.5 Å². The van der Waals surface area contributed by atoms with Gasteiger partial charge in [0.05, 0.1) is 22.5 Å². The summed E-state index contributed by atoms with van der Waals surface area (Å²) in [5.74, 6) is 0.0101. The summed E-state index contributed by atoms with van der Waals surface area (Å²) in [7, 11) is 0. The topological polar surface area (TPSA) is 124 Å². The number of nitrogens with one attached hydrogen (secondary N) is 2. The number of amides is 1. The first kappa shape index (κ1) is 17.7. The van der Waals surface area contributed by atoms with Crippen molar-refractivity contribution < 1.29 is 9.90 Å². The minimum Gasteiger partial charge on any atom is -0.507 e. The summed E-state index contributed by atoms with van der Waals surface area (Å²) >= 11 is 0. The van der Waals surface area contributed by atoms with Crippen molar-refractivity contribution in [2.24, 2.45) is 0 Å². The molecule has 1 aromatic carbocycles. The number of aromatic hydroxyl groups is 1. The smallest absolute Gasteiger partial charge is 0.221 e. The van der Waals surface area contributed by atoms with Crippen LogP contribution in [0.3, 0.4) is 0 Å². The quantitative estimate of drug-likeness (QED) is 0.673. The maximum Gasteiger partial charge on any atom is 0.221 e. The van der Waals surface area contributed by atoms with Crippen LogP contribution in [0.5, 0.6) is 5.75 Å². The van der Waals surface area contributed by atoms with E-state index in [1.54, 1.807) is 18.2 Å². The summed E-state index contributed by atoms with van der Waals surface area (Å²) in [6.45, 7) is 3.11. The first-order chi connectivity index (χ1) is 12.5. The van der Waals surface area contributed by atoms with E-state index in [4.69, 9.17) is 5.73 Å². The number of phenolic OH excluding ortho intramolecular Hbond substituents is 1. The Morgan fingerprint density at radius 1 is 1.50 bits per heavy atom. The van der Waals surface area contributed by atoms with Crippen LogP contribution < -0.4 is 16.4 Å². The summed E-state index contributed by atoms with van der Waals surface area (Å²) in [5.41, 5.74) is 8.52. The zero-order chi connectivity index (χ0) is 18.7. The second-order valence-corrected chi connectivity index (χ2v) is 6.39. The minimum absolute atomic E-state index is 0.0134. The van der Waals surface area contributed by atoms with E-state index >= 15 is 0 Å². The third-order valence-electron chi connectivity index (χ3n) is 4.54. The summed E-state index contributed by atoms with van der Waals surface area (Å²) in [6.07, 6.45) is 1.96. The predicted molar refractivity (Wildman–Crippen MR) is 99.6 cm³/mol. The van der Waals surface area contributed by atoms with Gasteiger partial charge in [-0.1, -0.05) is 6.07 Å². The Labute approximate surface area is 151 Å². The van der Waals surface area contributed by atoms with Gasteiger partial charge in [-0.25, -0.2) is 4.98 Å². The molecule has 0 bridgehead atoms. The van der Waals surface area contributed by atoms with Crippen LogP contribution in [0.4, 0.5) is 11.5 Å². The van der Waals surface area contributed by atoms with Crippen LogP contribution in [0.1, 0.15) is 36.8 Å². The molecule has 1 fully saturated rings. The van der Waals surface area contributed by atoms with E-state index in [0.29, 0.717) is 22.5 Å². The Bertz CT molecular complexity index is 882. The fourth-order valence-electron chi connectivity index (χ4n) is 3.38. The number of nitriles is 1. The summed E-state index contributed by atoms with van der Waals surface area (Å²) in [6, 6.07) is 8.81. The second-order valence-electron chi connectivity index (χ2n) is 6.39. The number of pyridine rings is 1. The SMILES string of the molecule is CC(=O)Nc1cccc(O)c1-c1cc(C2CCCNC2)c(C#N)c(N)n1. The number of phenols is 1. The second kappa shape index (κ2) is 7.42. The number of anilines is 2. The Balaban J connectivity index is 2.16. The van der Waals surface area contributed by atoms with Gasteiger partial charge in [-0.05, 0) is 49.1 Å². The Morgan fingerprint density at radius 2 is 2.31 bits per heavy atom. The van der Waals surface area contributed by atoms with Gasteiger partial charge in [0.25, 0.3) is 0 Å². The lowest BCUT2D eigenvalue weighted by Gasteiger charge is -2.25. The van der Waals surface area contributed by atoms with Crippen LogP contribution in [0.25, 0.3) is 11.3 Å². The molecule has 1 amide bonds. The number of nitrogens with zero attached hydrogens (tertiary/aromatic N) is 2. The van der Waals surface area contributed by atoms with Gasteiger partial charge in [-0.3, -0.25) is 4.79 Å². The molecule has 2 aromatic rings. The molecule has 2 heterocycles. The van der Waals surface area contributed by atoms with E-state index in [-0.39, 0.29) is 23.4 Å². The molecule has 1 aliphatic rings. The number of hydrogen-bond donors (Lipinski definition) is 4. The number of aromatic nitrogens is 1. The molecule has 26 heavy (non-hydrogen) atoms. The molecule has 134 valence electrons. The Hall–Kier alpha value is -3.11. The molecule has 1 aliphatic heterocycles. The molecule has 0 saturated carbocycles. The van der Waals surface area contributed by atoms with Gasteiger partial charge in [0.1, 0.15) is 17.6 Å².